The van der Waals surface area contributed by atoms with E-state index in [1.54, 1.807) is 30.3 Å². The minimum Gasteiger partial charge on any atom is -0.481 e. The van der Waals surface area contributed by atoms with Crippen LogP contribution in [0.4, 0.5) is 0 Å². The molecule has 2 rings (SSSR count). The summed E-state index contributed by atoms with van der Waals surface area (Å²) in [5.41, 5.74) is 0.977. The zero-order valence-electron chi connectivity index (χ0n) is 11.0. The Labute approximate surface area is 126 Å². The Morgan fingerprint density at radius 3 is 2.57 bits per heavy atom. The highest BCUT2D eigenvalue weighted by atomic mass is 35.5. The van der Waals surface area contributed by atoms with E-state index in [1.807, 2.05) is 0 Å². The molecule has 0 radical (unpaired) electrons. The monoisotopic (exact) mass is 304 g/mol. The molecule has 5 nitrogen and oxygen atoms in total. The molecule has 0 aliphatic heterocycles. The zero-order valence-corrected chi connectivity index (χ0v) is 11.7. The molecule has 0 unspecified atom stereocenters. The first-order valence-corrected chi connectivity index (χ1v) is 6.63. The highest BCUT2D eigenvalue weighted by molar-refractivity contribution is 6.29. The van der Waals surface area contributed by atoms with Crippen molar-refractivity contribution in [2.24, 2.45) is 0 Å². The van der Waals surface area contributed by atoms with E-state index in [0.29, 0.717) is 11.1 Å². The Hall–Kier alpha value is -2.40. The Kier molecular flexibility index (Phi) is 4.90. The standard InChI is InChI=1S/C15H13ClN2O3/c16-13-8-11(6-7-17-13)14(19)18-9-12(15(20)21)10-4-2-1-3-5-10/h1-8,12H,9H2,(H,18,19)(H,20,21)/t12-/m0/s1. The van der Waals surface area contributed by atoms with Crippen LogP contribution in [0.15, 0.2) is 48.7 Å². The van der Waals surface area contributed by atoms with Gasteiger partial charge >= 0.3 is 5.97 Å². The molecule has 1 heterocycles. The second-order valence-corrected chi connectivity index (χ2v) is 4.77. The minimum atomic E-state index is -0.991. The maximum atomic E-state index is 12.0. The summed E-state index contributed by atoms with van der Waals surface area (Å²) in [6.07, 6.45) is 1.42. The lowest BCUT2D eigenvalue weighted by Gasteiger charge is -2.13. The summed E-state index contributed by atoms with van der Waals surface area (Å²) in [7, 11) is 0. The number of amides is 1. The molecule has 108 valence electrons. The highest BCUT2D eigenvalue weighted by Crippen LogP contribution is 2.15. The number of nitrogens with one attached hydrogen (secondary N) is 1. The molecule has 2 N–H and O–H groups in total. The number of halogens is 1. The Balaban J connectivity index is 2.06. The van der Waals surface area contributed by atoms with Gasteiger partial charge in [0.2, 0.25) is 0 Å². The summed E-state index contributed by atoms with van der Waals surface area (Å²) in [5, 5.41) is 12.1. The molecule has 0 bridgehead atoms. The molecule has 0 saturated carbocycles. The predicted octanol–water partition coefficient (Wildman–Crippen LogP) is 2.33. The molecule has 6 heteroatoms. The van der Waals surface area contributed by atoms with Crippen LogP contribution in [0.2, 0.25) is 5.15 Å². The van der Waals surface area contributed by atoms with E-state index in [4.69, 9.17) is 11.6 Å². The number of rotatable bonds is 5. The second-order valence-electron chi connectivity index (χ2n) is 4.38. The Bertz CT molecular complexity index is 646. The summed E-state index contributed by atoms with van der Waals surface area (Å²) in [6, 6.07) is 11.7. The van der Waals surface area contributed by atoms with Gasteiger partial charge in [0.15, 0.2) is 0 Å². The van der Waals surface area contributed by atoms with Crippen molar-refractivity contribution in [1.82, 2.24) is 10.3 Å². The molecular formula is C15H13ClN2O3. The summed E-state index contributed by atoms with van der Waals surface area (Å²) in [6.45, 7) is -0.00186. The fourth-order valence-electron chi connectivity index (χ4n) is 1.87. The number of pyridine rings is 1. The van der Waals surface area contributed by atoms with Crippen LogP contribution in [0.3, 0.4) is 0 Å². The highest BCUT2D eigenvalue weighted by Gasteiger charge is 2.20. The summed E-state index contributed by atoms with van der Waals surface area (Å²) >= 11 is 5.71. The number of hydrogen-bond donors (Lipinski definition) is 2. The van der Waals surface area contributed by atoms with E-state index in [2.05, 4.69) is 10.3 Å². The third kappa shape index (κ3) is 4.03. The van der Waals surface area contributed by atoms with Gasteiger partial charge in [-0.3, -0.25) is 9.59 Å². The molecule has 0 saturated heterocycles. The Morgan fingerprint density at radius 1 is 1.24 bits per heavy atom. The van der Waals surface area contributed by atoms with Crippen molar-refractivity contribution < 1.29 is 14.7 Å². The molecule has 0 spiro atoms. The molecule has 1 atom stereocenters. The normalized spacial score (nSPS) is 11.7. The lowest BCUT2D eigenvalue weighted by atomic mass is 9.99. The lowest BCUT2D eigenvalue weighted by molar-refractivity contribution is -0.138. The second kappa shape index (κ2) is 6.85. The largest absolute Gasteiger partial charge is 0.481 e. The van der Waals surface area contributed by atoms with Gasteiger partial charge in [-0.25, -0.2) is 4.98 Å². The molecular weight excluding hydrogens is 292 g/mol. The van der Waals surface area contributed by atoms with Crippen molar-refractivity contribution >= 4 is 23.5 Å². The van der Waals surface area contributed by atoms with Crippen molar-refractivity contribution in [1.29, 1.82) is 0 Å². The lowest BCUT2D eigenvalue weighted by Crippen LogP contribution is -2.31. The minimum absolute atomic E-state index is 0.00186. The van der Waals surface area contributed by atoms with E-state index < -0.39 is 11.9 Å². The number of benzene rings is 1. The van der Waals surface area contributed by atoms with Gasteiger partial charge in [0.25, 0.3) is 5.91 Å². The summed E-state index contributed by atoms with van der Waals surface area (Å²) in [4.78, 5) is 27.1. The van der Waals surface area contributed by atoms with Crippen LogP contribution in [-0.2, 0) is 4.79 Å². The van der Waals surface area contributed by atoms with E-state index >= 15 is 0 Å². The number of carboxylic acids is 1. The maximum absolute atomic E-state index is 12.0. The smallest absolute Gasteiger partial charge is 0.312 e. The van der Waals surface area contributed by atoms with Crippen LogP contribution in [0, 0.1) is 0 Å². The molecule has 2 aromatic rings. The molecule has 1 aromatic carbocycles. The van der Waals surface area contributed by atoms with E-state index in [0.717, 1.165) is 0 Å². The fraction of sp³-hybridized carbons (Fsp3) is 0.133. The fourth-order valence-corrected chi connectivity index (χ4v) is 2.05. The number of carbonyl (C=O) groups excluding carboxylic acids is 1. The number of aromatic nitrogens is 1. The number of carboxylic acid groups (broad SMARTS) is 1. The predicted molar refractivity (Wildman–Crippen MR) is 78.4 cm³/mol. The first-order chi connectivity index (χ1) is 10.1. The average molecular weight is 305 g/mol. The number of aliphatic carboxylic acids is 1. The molecule has 0 aliphatic carbocycles. The molecule has 21 heavy (non-hydrogen) atoms. The first kappa shape index (κ1) is 15.0. The van der Waals surface area contributed by atoms with Crippen molar-refractivity contribution in [2.75, 3.05) is 6.54 Å². The SMILES string of the molecule is O=C(NC[C@H](C(=O)O)c1ccccc1)c1ccnc(Cl)c1. The molecule has 0 fully saturated rings. The van der Waals surface area contributed by atoms with Crippen molar-refractivity contribution in [3.05, 3.63) is 64.9 Å². The van der Waals surface area contributed by atoms with Gasteiger partial charge in [0, 0.05) is 18.3 Å². The maximum Gasteiger partial charge on any atom is 0.312 e. The Morgan fingerprint density at radius 2 is 1.95 bits per heavy atom. The molecule has 1 aromatic heterocycles. The number of hydrogen-bond acceptors (Lipinski definition) is 3. The summed E-state index contributed by atoms with van der Waals surface area (Å²) in [5.74, 6) is -2.18. The zero-order chi connectivity index (χ0) is 15.2. The van der Waals surface area contributed by atoms with Gasteiger partial charge < -0.3 is 10.4 Å². The van der Waals surface area contributed by atoms with Crippen LogP contribution in [0.1, 0.15) is 21.8 Å². The number of nitrogens with zero attached hydrogens (tertiary/aromatic N) is 1. The summed E-state index contributed by atoms with van der Waals surface area (Å²) < 4.78 is 0. The first-order valence-electron chi connectivity index (χ1n) is 6.25. The van der Waals surface area contributed by atoms with Crippen LogP contribution in [0.5, 0.6) is 0 Å². The third-order valence-corrected chi connectivity index (χ3v) is 3.16. The van der Waals surface area contributed by atoms with Gasteiger partial charge in [0.05, 0.1) is 5.92 Å². The van der Waals surface area contributed by atoms with Crippen LogP contribution in [-0.4, -0.2) is 28.5 Å². The van der Waals surface area contributed by atoms with Crippen LogP contribution in [0.25, 0.3) is 0 Å². The number of carbonyl (C=O) groups is 2. The average Bonchev–Trinajstić information content (AvgIpc) is 2.48. The van der Waals surface area contributed by atoms with E-state index in [9.17, 15) is 14.7 Å². The van der Waals surface area contributed by atoms with E-state index in [1.165, 1.54) is 18.3 Å². The van der Waals surface area contributed by atoms with Crippen LogP contribution >= 0.6 is 11.6 Å². The molecule has 0 aliphatic rings. The van der Waals surface area contributed by atoms with Gasteiger partial charge in [-0.05, 0) is 17.7 Å². The molecule has 1 amide bonds. The topological polar surface area (TPSA) is 79.3 Å². The van der Waals surface area contributed by atoms with Crippen molar-refractivity contribution in [2.45, 2.75) is 5.92 Å². The van der Waals surface area contributed by atoms with Gasteiger partial charge in [0.1, 0.15) is 5.15 Å². The van der Waals surface area contributed by atoms with Crippen molar-refractivity contribution in [3.63, 3.8) is 0 Å². The third-order valence-electron chi connectivity index (χ3n) is 2.96. The van der Waals surface area contributed by atoms with E-state index in [-0.39, 0.29) is 17.6 Å². The van der Waals surface area contributed by atoms with Crippen molar-refractivity contribution in [3.8, 4) is 0 Å². The van der Waals surface area contributed by atoms with Gasteiger partial charge in [-0.15, -0.1) is 0 Å². The van der Waals surface area contributed by atoms with Gasteiger partial charge in [-0.1, -0.05) is 41.9 Å². The quantitative estimate of drug-likeness (QED) is 0.831. The van der Waals surface area contributed by atoms with Gasteiger partial charge in [-0.2, -0.15) is 0 Å². The van der Waals surface area contributed by atoms with Crippen LogP contribution < -0.4 is 5.32 Å².